The summed E-state index contributed by atoms with van der Waals surface area (Å²) < 4.78 is 12.9. The minimum atomic E-state index is 0.650. The van der Waals surface area contributed by atoms with E-state index in [2.05, 4.69) is 24.9 Å². The van der Waals surface area contributed by atoms with E-state index in [1.54, 1.807) is 11.3 Å². The van der Waals surface area contributed by atoms with Crippen LogP contribution in [0.3, 0.4) is 0 Å². The first-order chi connectivity index (χ1) is 12.2. The third-order valence-corrected chi connectivity index (χ3v) is 4.96. The summed E-state index contributed by atoms with van der Waals surface area (Å²) in [5.74, 6) is 2.34. The standard InChI is InChI=1S/C21H17NO2S/c1-14-6-8-16(9-7-14)23-17-10-12-18(13-11-17)24-21-22-19-5-3-4-15(2)20(19)25-21/h3-13H,1-2H3. The third-order valence-electron chi connectivity index (χ3n) is 3.88. The largest absolute Gasteiger partial charge is 0.457 e. The predicted octanol–water partition coefficient (Wildman–Crippen LogP) is 6.50. The summed E-state index contributed by atoms with van der Waals surface area (Å²) in [4.78, 5) is 4.53. The van der Waals surface area contributed by atoms with Crippen LogP contribution in [0.25, 0.3) is 10.2 Å². The highest BCUT2D eigenvalue weighted by atomic mass is 32.1. The Morgan fingerprint density at radius 3 is 1.96 bits per heavy atom. The molecule has 1 aromatic heterocycles. The van der Waals surface area contributed by atoms with Crippen molar-refractivity contribution in [2.45, 2.75) is 13.8 Å². The molecule has 1 heterocycles. The number of hydrogen-bond acceptors (Lipinski definition) is 4. The summed E-state index contributed by atoms with van der Waals surface area (Å²) in [6, 6.07) is 21.7. The van der Waals surface area contributed by atoms with E-state index < -0.39 is 0 Å². The van der Waals surface area contributed by atoms with E-state index in [4.69, 9.17) is 9.47 Å². The van der Waals surface area contributed by atoms with Crippen molar-refractivity contribution in [3.8, 4) is 22.4 Å². The van der Waals surface area contributed by atoms with Crippen LogP contribution >= 0.6 is 11.3 Å². The van der Waals surface area contributed by atoms with Crippen LogP contribution in [0.2, 0.25) is 0 Å². The number of hydrogen-bond donors (Lipinski definition) is 0. The Balaban J connectivity index is 1.49. The minimum Gasteiger partial charge on any atom is -0.457 e. The minimum absolute atomic E-state index is 0.650. The molecule has 0 bridgehead atoms. The van der Waals surface area contributed by atoms with Gasteiger partial charge in [0.1, 0.15) is 17.2 Å². The number of aromatic nitrogens is 1. The summed E-state index contributed by atoms with van der Waals surface area (Å²) in [5.41, 5.74) is 3.40. The summed E-state index contributed by atoms with van der Waals surface area (Å²) in [7, 11) is 0. The van der Waals surface area contributed by atoms with Gasteiger partial charge in [0.25, 0.3) is 5.19 Å². The molecule has 0 spiro atoms. The van der Waals surface area contributed by atoms with Crippen LogP contribution < -0.4 is 9.47 Å². The molecule has 0 saturated heterocycles. The van der Waals surface area contributed by atoms with E-state index in [1.165, 1.54) is 11.1 Å². The van der Waals surface area contributed by atoms with Gasteiger partial charge in [-0.3, -0.25) is 0 Å². The average molecular weight is 347 g/mol. The maximum atomic E-state index is 5.89. The highest BCUT2D eigenvalue weighted by molar-refractivity contribution is 7.20. The molecule has 25 heavy (non-hydrogen) atoms. The van der Waals surface area contributed by atoms with Gasteiger partial charge in [-0.1, -0.05) is 41.2 Å². The van der Waals surface area contributed by atoms with Gasteiger partial charge >= 0.3 is 0 Å². The van der Waals surface area contributed by atoms with Crippen LogP contribution in [0.15, 0.2) is 66.7 Å². The Hall–Kier alpha value is -2.85. The lowest BCUT2D eigenvalue weighted by Gasteiger charge is -2.07. The van der Waals surface area contributed by atoms with Gasteiger partial charge in [-0.15, -0.1) is 0 Å². The fourth-order valence-corrected chi connectivity index (χ4v) is 3.43. The van der Waals surface area contributed by atoms with Gasteiger partial charge in [-0.05, 0) is 61.9 Å². The first-order valence-electron chi connectivity index (χ1n) is 8.06. The molecule has 0 aliphatic heterocycles. The fraction of sp³-hybridized carbons (Fsp3) is 0.0952. The van der Waals surface area contributed by atoms with Crippen molar-refractivity contribution < 1.29 is 9.47 Å². The molecule has 0 unspecified atom stereocenters. The van der Waals surface area contributed by atoms with Crippen molar-refractivity contribution in [2.75, 3.05) is 0 Å². The lowest BCUT2D eigenvalue weighted by atomic mass is 10.2. The molecule has 4 rings (SSSR count). The van der Waals surface area contributed by atoms with Crippen LogP contribution in [0, 0.1) is 13.8 Å². The van der Waals surface area contributed by atoms with E-state index in [-0.39, 0.29) is 0 Å². The van der Waals surface area contributed by atoms with Gasteiger partial charge in [0.05, 0.1) is 10.2 Å². The molecule has 3 aromatic carbocycles. The van der Waals surface area contributed by atoms with E-state index in [1.807, 2.05) is 60.7 Å². The Kier molecular flexibility index (Phi) is 4.12. The predicted molar refractivity (Wildman–Crippen MR) is 102 cm³/mol. The van der Waals surface area contributed by atoms with Crippen LogP contribution in [0.5, 0.6) is 22.4 Å². The molecule has 0 radical (unpaired) electrons. The number of ether oxygens (including phenoxy) is 2. The number of fused-ring (bicyclic) bond motifs is 1. The second kappa shape index (κ2) is 6.57. The molecule has 0 amide bonds. The molecule has 124 valence electrons. The maximum absolute atomic E-state index is 5.89. The Labute approximate surface area is 150 Å². The second-order valence-electron chi connectivity index (χ2n) is 5.89. The first-order valence-corrected chi connectivity index (χ1v) is 8.88. The van der Waals surface area contributed by atoms with Crippen molar-refractivity contribution >= 4 is 21.6 Å². The maximum Gasteiger partial charge on any atom is 0.279 e. The van der Waals surface area contributed by atoms with Gasteiger partial charge in [0, 0.05) is 0 Å². The molecular formula is C21H17NO2S. The van der Waals surface area contributed by atoms with Crippen LogP contribution in [0.1, 0.15) is 11.1 Å². The molecule has 0 aliphatic carbocycles. The van der Waals surface area contributed by atoms with Crippen LogP contribution in [-0.2, 0) is 0 Å². The smallest absolute Gasteiger partial charge is 0.279 e. The van der Waals surface area contributed by atoms with Crippen molar-refractivity contribution in [3.63, 3.8) is 0 Å². The summed E-state index contributed by atoms with van der Waals surface area (Å²) >= 11 is 1.56. The molecule has 3 nitrogen and oxygen atoms in total. The summed E-state index contributed by atoms with van der Waals surface area (Å²) in [6.45, 7) is 4.14. The number of nitrogens with zero attached hydrogens (tertiary/aromatic N) is 1. The van der Waals surface area contributed by atoms with Crippen molar-refractivity contribution in [2.24, 2.45) is 0 Å². The van der Waals surface area contributed by atoms with Gasteiger partial charge in [-0.2, -0.15) is 0 Å². The van der Waals surface area contributed by atoms with Crippen LogP contribution in [-0.4, -0.2) is 4.98 Å². The lowest BCUT2D eigenvalue weighted by Crippen LogP contribution is -1.86. The monoisotopic (exact) mass is 347 g/mol. The number of thiazole rings is 1. The quantitative estimate of drug-likeness (QED) is 0.422. The molecule has 4 aromatic rings. The zero-order valence-electron chi connectivity index (χ0n) is 14.0. The molecule has 0 atom stereocenters. The van der Waals surface area contributed by atoms with Gasteiger partial charge in [0.2, 0.25) is 0 Å². The topological polar surface area (TPSA) is 31.4 Å². The van der Waals surface area contributed by atoms with Crippen LogP contribution in [0.4, 0.5) is 0 Å². The number of rotatable bonds is 4. The Morgan fingerprint density at radius 1 is 0.720 bits per heavy atom. The van der Waals surface area contributed by atoms with Gasteiger partial charge in [-0.25, -0.2) is 4.98 Å². The zero-order chi connectivity index (χ0) is 17.2. The molecular weight excluding hydrogens is 330 g/mol. The first kappa shape index (κ1) is 15.7. The lowest BCUT2D eigenvalue weighted by molar-refractivity contribution is 0.468. The third kappa shape index (κ3) is 3.49. The summed E-state index contributed by atoms with van der Waals surface area (Å²) in [5, 5.41) is 0.650. The molecule has 0 saturated carbocycles. The van der Waals surface area contributed by atoms with Crippen molar-refractivity contribution in [1.29, 1.82) is 0 Å². The molecule has 0 aliphatic rings. The van der Waals surface area contributed by atoms with Gasteiger partial charge < -0.3 is 9.47 Å². The average Bonchev–Trinajstić information content (AvgIpc) is 3.03. The van der Waals surface area contributed by atoms with E-state index in [9.17, 15) is 0 Å². The Bertz CT molecular complexity index is 1000. The second-order valence-corrected chi connectivity index (χ2v) is 6.85. The normalized spacial score (nSPS) is 10.8. The summed E-state index contributed by atoms with van der Waals surface area (Å²) in [6.07, 6.45) is 0. The van der Waals surface area contributed by atoms with Crippen molar-refractivity contribution in [3.05, 3.63) is 77.9 Å². The zero-order valence-corrected chi connectivity index (χ0v) is 14.8. The highest BCUT2D eigenvalue weighted by Crippen LogP contribution is 2.33. The molecule has 0 fully saturated rings. The van der Waals surface area contributed by atoms with Gasteiger partial charge in [0.15, 0.2) is 0 Å². The fourth-order valence-electron chi connectivity index (χ4n) is 2.53. The Morgan fingerprint density at radius 2 is 1.32 bits per heavy atom. The van der Waals surface area contributed by atoms with E-state index >= 15 is 0 Å². The number of benzene rings is 3. The SMILES string of the molecule is Cc1ccc(Oc2ccc(Oc3nc4cccc(C)c4s3)cc2)cc1. The van der Waals surface area contributed by atoms with Crippen molar-refractivity contribution in [1.82, 2.24) is 4.98 Å². The molecule has 4 heteroatoms. The van der Waals surface area contributed by atoms with E-state index in [0.29, 0.717) is 5.19 Å². The number of aryl methyl sites for hydroxylation is 2. The van der Waals surface area contributed by atoms with E-state index in [0.717, 1.165) is 27.5 Å². The molecule has 0 N–H and O–H groups in total. The highest BCUT2D eigenvalue weighted by Gasteiger charge is 2.08.